The Morgan fingerprint density at radius 3 is 2.34 bits per heavy atom. The van der Waals surface area contributed by atoms with Crippen molar-refractivity contribution in [3.63, 3.8) is 0 Å². The van der Waals surface area contributed by atoms with E-state index in [1.54, 1.807) is 19.1 Å². The zero-order valence-corrected chi connectivity index (χ0v) is 21.4. The van der Waals surface area contributed by atoms with E-state index in [0.29, 0.717) is 38.0 Å². The third-order valence-electron chi connectivity index (χ3n) is 5.97. The van der Waals surface area contributed by atoms with Gasteiger partial charge in [0.1, 0.15) is 5.75 Å². The van der Waals surface area contributed by atoms with Gasteiger partial charge in [-0.15, -0.1) is 5.10 Å². The lowest BCUT2D eigenvalue weighted by molar-refractivity contribution is -0.154. The summed E-state index contributed by atoms with van der Waals surface area (Å²) in [6.45, 7) is 6.39. The van der Waals surface area contributed by atoms with Crippen LogP contribution in [0.3, 0.4) is 0 Å². The third-order valence-corrected chi connectivity index (χ3v) is 5.97. The summed E-state index contributed by atoms with van der Waals surface area (Å²) < 4.78 is 13.7. The maximum absolute atomic E-state index is 12.4. The van der Waals surface area contributed by atoms with Gasteiger partial charge in [0.05, 0.1) is 6.61 Å². The van der Waals surface area contributed by atoms with Crippen molar-refractivity contribution in [3.05, 3.63) is 50.7 Å². The molecule has 0 aliphatic rings. The van der Waals surface area contributed by atoms with Crippen LogP contribution in [-0.4, -0.2) is 37.6 Å². The second kappa shape index (κ2) is 13.7. The van der Waals surface area contributed by atoms with E-state index in [2.05, 4.69) is 12.0 Å². The molecule has 9 nitrogen and oxygen atoms in total. The first-order chi connectivity index (χ1) is 16.7. The molecule has 0 aliphatic heterocycles. The van der Waals surface area contributed by atoms with Crippen LogP contribution >= 0.6 is 0 Å². The van der Waals surface area contributed by atoms with Crippen LogP contribution in [-0.2, 0) is 24.8 Å². The predicted molar refractivity (Wildman–Crippen MR) is 134 cm³/mol. The summed E-state index contributed by atoms with van der Waals surface area (Å²) >= 11 is 0. The first kappa shape index (κ1) is 28.1. The highest BCUT2D eigenvalue weighted by molar-refractivity contribution is 5.77. The molecule has 9 heteroatoms. The highest BCUT2D eigenvalue weighted by atomic mass is 16.5. The van der Waals surface area contributed by atoms with Gasteiger partial charge in [-0.2, -0.15) is 0 Å². The molecule has 0 saturated carbocycles. The first-order valence-corrected chi connectivity index (χ1v) is 12.5. The van der Waals surface area contributed by atoms with Crippen molar-refractivity contribution >= 4 is 5.97 Å². The molecule has 1 aromatic carbocycles. The number of aliphatic carboxylic acids is 1. The van der Waals surface area contributed by atoms with Crippen LogP contribution in [0.25, 0.3) is 0 Å². The van der Waals surface area contributed by atoms with Crippen LogP contribution in [0.2, 0.25) is 0 Å². The highest BCUT2D eigenvalue weighted by Gasteiger charge is 2.34. The van der Waals surface area contributed by atoms with Gasteiger partial charge in [-0.25, -0.2) is 14.3 Å². The fraction of sp³-hybridized carbons (Fsp3) is 0.615. The number of carbonyl (C=O) groups is 1. The maximum atomic E-state index is 12.4. The standard InChI is InChI=1S/C26H39N3O6/c1-5-7-8-9-10-18-29-25(33)28(4)23(30)22(27-29)34-19-11-12-20-13-15-21(16-14-20)35-26(3,17-6-2)24(31)32/h13-16H,5-12,17-19H2,1-4H3,(H,31,32). The molecule has 2 aromatic rings. The van der Waals surface area contributed by atoms with Crippen LogP contribution in [0.15, 0.2) is 33.9 Å². The van der Waals surface area contributed by atoms with E-state index in [1.165, 1.54) is 18.2 Å². The number of unbranched alkanes of at least 4 members (excludes halogenated alkanes) is 4. The van der Waals surface area contributed by atoms with Gasteiger partial charge in [0.25, 0.3) is 5.88 Å². The molecule has 0 fully saturated rings. The largest absolute Gasteiger partial charge is 0.478 e. The fourth-order valence-electron chi connectivity index (χ4n) is 3.81. The van der Waals surface area contributed by atoms with Crippen molar-refractivity contribution in [1.29, 1.82) is 0 Å². The van der Waals surface area contributed by atoms with Crippen molar-refractivity contribution in [3.8, 4) is 11.6 Å². The molecule has 0 bridgehead atoms. The van der Waals surface area contributed by atoms with Crippen molar-refractivity contribution in [2.45, 2.75) is 90.7 Å². The Hall–Kier alpha value is -3.10. The normalized spacial score (nSPS) is 12.8. The van der Waals surface area contributed by atoms with E-state index in [1.807, 2.05) is 19.1 Å². The Labute approximate surface area is 206 Å². The summed E-state index contributed by atoms with van der Waals surface area (Å²) in [6.07, 6.45) is 7.73. The van der Waals surface area contributed by atoms with E-state index in [4.69, 9.17) is 9.47 Å². The number of aromatic nitrogens is 3. The second-order valence-electron chi connectivity index (χ2n) is 9.07. The van der Waals surface area contributed by atoms with Crippen LogP contribution < -0.4 is 20.7 Å². The lowest BCUT2D eigenvalue weighted by Gasteiger charge is -2.26. The van der Waals surface area contributed by atoms with Crippen molar-refractivity contribution in [1.82, 2.24) is 14.3 Å². The molecule has 1 heterocycles. The Balaban J connectivity index is 1.90. The number of aryl methyl sites for hydroxylation is 2. The molecule has 0 saturated heterocycles. The summed E-state index contributed by atoms with van der Waals surface area (Å²) in [7, 11) is 1.44. The number of carboxylic acid groups (broad SMARTS) is 1. The molecule has 1 N–H and O–H groups in total. The lowest BCUT2D eigenvalue weighted by Crippen LogP contribution is -2.41. The topological polar surface area (TPSA) is 113 Å². The summed E-state index contributed by atoms with van der Waals surface area (Å²) in [5.41, 5.74) is -1.19. The minimum Gasteiger partial charge on any atom is -0.478 e. The number of hydrogen-bond donors (Lipinski definition) is 1. The summed E-state index contributed by atoms with van der Waals surface area (Å²) in [5, 5.41) is 13.6. The number of carboxylic acids is 1. The van der Waals surface area contributed by atoms with E-state index >= 15 is 0 Å². The molecule has 0 amide bonds. The SMILES string of the molecule is CCCCCCCn1nc(OCCCc2ccc(OC(C)(CCC)C(=O)O)cc2)c(=O)n(C)c1=O. The Morgan fingerprint density at radius 2 is 1.71 bits per heavy atom. The van der Waals surface area contributed by atoms with Crippen LogP contribution in [0.1, 0.15) is 77.7 Å². The highest BCUT2D eigenvalue weighted by Crippen LogP contribution is 2.24. The van der Waals surface area contributed by atoms with E-state index in [0.717, 1.165) is 35.8 Å². The minimum absolute atomic E-state index is 0.0618. The van der Waals surface area contributed by atoms with Gasteiger partial charge in [-0.1, -0.05) is 58.1 Å². The van der Waals surface area contributed by atoms with Gasteiger partial charge >= 0.3 is 17.2 Å². The van der Waals surface area contributed by atoms with E-state index in [9.17, 15) is 19.5 Å². The minimum atomic E-state index is -1.25. The van der Waals surface area contributed by atoms with Crippen LogP contribution in [0.4, 0.5) is 0 Å². The number of benzene rings is 1. The molecule has 35 heavy (non-hydrogen) atoms. The van der Waals surface area contributed by atoms with E-state index in [-0.39, 0.29) is 12.5 Å². The Morgan fingerprint density at radius 1 is 1.03 bits per heavy atom. The molecule has 1 aromatic heterocycles. The number of ether oxygens (including phenoxy) is 2. The summed E-state index contributed by atoms with van der Waals surface area (Å²) in [6, 6.07) is 7.31. The van der Waals surface area contributed by atoms with Gasteiger partial charge < -0.3 is 14.6 Å². The van der Waals surface area contributed by atoms with Gasteiger partial charge in [-0.3, -0.25) is 9.36 Å². The zero-order chi connectivity index (χ0) is 25.8. The van der Waals surface area contributed by atoms with Crippen molar-refractivity contribution < 1.29 is 19.4 Å². The molecular weight excluding hydrogens is 450 g/mol. The quantitative estimate of drug-likeness (QED) is 0.355. The van der Waals surface area contributed by atoms with Crippen molar-refractivity contribution in [2.24, 2.45) is 7.05 Å². The number of rotatable bonds is 16. The number of nitrogens with zero attached hydrogens (tertiary/aromatic N) is 3. The second-order valence-corrected chi connectivity index (χ2v) is 9.07. The summed E-state index contributed by atoms with van der Waals surface area (Å²) in [5.74, 6) is -0.538. The fourth-order valence-corrected chi connectivity index (χ4v) is 3.81. The molecular formula is C26H39N3O6. The van der Waals surface area contributed by atoms with Crippen LogP contribution in [0, 0.1) is 0 Å². The van der Waals surface area contributed by atoms with Crippen molar-refractivity contribution in [2.75, 3.05) is 6.61 Å². The van der Waals surface area contributed by atoms with Gasteiger partial charge in [0, 0.05) is 13.6 Å². The van der Waals surface area contributed by atoms with E-state index < -0.39 is 22.8 Å². The molecule has 2 rings (SSSR count). The number of hydrogen-bond acceptors (Lipinski definition) is 6. The Kier molecular flexibility index (Phi) is 11.0. The molecule has 194 valence electrons. The molecule has 1 atom stereocenters. The predicted octanol–water partition coefficient (Wildman–Crippen LogP) is 3.95. The first-order valence-electron chi connectivity index (χ1n) is 12.5. The van der Waals surface area contributed by atoms with Gasteiger partial charge in [-0.05, 0) is 50.3 Å². The molecule has 0 radical (unpaired) electrons. The maximum Gasteiger partial charge on any atom is 0.347 e. The molecule has 0 spiro atoms. The van der Waals surface area contributed by atoms with Gasteiger partial charge in [0.15, 0.2) is 0 Å². The zero-order valence-electron chi connectivity index (χ0n) is 21.4. The average Bonchev–Trinajstić information content (AvgIpc) is 2.83. The smallest absolute Gasteiger partial charge is 0.347 e. The average molecular weight is 490 g/mol. The lowest BCUT2D eigenvalue weighted by atomic mass is 10.0. The molecule has 1 unspecified atom stereocenters. The van der Waals surface area contributed by atoms with Gasteiger partial charge in [0.2, 0.25) is 5.60 Å². The Bertz CT molecular complexity index is 1060. The summed E-state index contributed by atoms with van der Waals surface area (Å²) in [4.78, 5) is 36.3. The third kappa shape index (κ3) is 8.26. The monoisotopic (exact) mass is 489 g/mol. The van der Waals surface area contributed by atoms with Crippen LogP contribution in [0.5, 0.6) is 11.6 Å². The molecule has 0 aliphatic carbocycles.